The molecule has 0 fully saturated rings. The van der Waals surface area contributed by atoms with Crippen molar-refractivity contribution in [3.63, 3.8) is 0 Å². The van der Waals surface area contributed by atoms with Crippen molar-refractivity contribution in [2.75, 3.05) is 0 Å². The first-order valence-electron chi connectivity index (χ1n) is 5.41. The fraction of sp³-hybridized carbons (Fsp3) is 0.167. The Morgan fingerprint density at radius 1 is 1.42 bits per heavy atom. The highest BCUT2D eigenvalue weighted by atomic mass is 32.2. The van der Waals surface area contributed by atoms with Gasteiger partial charge in [0.05, 0.1) is 16.2 Å². The van der Waals surface area contributed by atoms with E-state index in [0.717, 1.165) is 30.0 Å². The summed E-state index contributed by atoms with van der Waals surface area (Å²) in [6.07, 6.45) is 0. The minimum Gasteiger partial charge on any atom is -0.384 e. The van der Waals surface area contributed by atoms with Gasteiger partial charge in [-0.05, 0) is 25.1 Å². The average Bonchev–Trinajstić information content (AvgIpc) is 2.59. The number of nitrogens with zero attached hydrogens (tertiary/aromatic N) is 2. The molecule has 0 spiro atoms. The van der Waals surface area contributed by atoms with Crippen molar-refractivity contribution in [1.29, 1.82) is 5.41 Å². The number of amidine groups is 1. The van der Waals surface area contributed by atoms with Crippen LogP contribution in [0.15, 0.2) is 28.1 Å². The number of rotatable bonds is 3. The standard InChI is InChI=1S/C12H12F2N4S/c1-6-10(11(15)16)12(18(2)17-6)19-9-5-7(13)3-4-8(9)14/h3-5H,1-2H3,(H3,15,16). The molecule has 4 nitrogen and oxygen atoms in total. The monoisotopic (exact) mass is 282 g/mol. The van der Waals surface area contributed by atoms with E-state index >= 15 is 0 Å². The molecule has 0 saturated carbocycles. The molecule has 2 aromatic rings. The van der Waals surface area contributed by atoms with Gasteiger partial charge in [0.2, 0.25) is 0 Å². The van der Waals surface area contributed by atoms with E-state index in [1.165, 1.54) is 4.68 Å². The van der Waals surface area contributed by atoms with Gasteiger partial charge in [0, 0.05) is 7.05 Å². The molecule has 0 amide bonds. The van der Waals surface area contributed by atoms with Gasteiger partial charge < -0.3 is 5.73 Å². The molecule has 0 atom stereocenters. The number of aryl methyl sites for hydroxylation is 2. The van der Waals surface area contributed by atoms with E-state index in [1.807, 2.05) is 0 Å². The van der Waals surface area contributed by atoms with Crippen LogP contribution in [-0.4, -0.2) is 15.6 Å². The summed E-state index contributed by atoms with van der Waals surface area (Å²) in [5, 5.41) is 12.2. The van der Waals surface area contributed by atoms with E-state index in [2.05, 4.69) is 5.10 Å². The molecule has 7 heteroatoms. The second-order valence-electron chi connectivity index (χ2n) is 3.98. The molecule has 0 radical (unpaired) electrons. The Labute approximate surface area is 113 Å². The zero-order valence-corrected chi connectivity index (χ0v) is 11.2. The second-order valence-corrected chi connectivity index (χ2v) is 5.01. The van der Waals surface area contributed by atoms with Gasteiger partial charge in [-0.25, -0.2) is 8.78 Å². The minimum absolute atomic E-state index is 0.130. The number of aromatic nitrogens is 2. The highest BCUT2D eigenvalue weighted by Crippen LogP contribution is 2.33. The van der Waals surface area contributed by atoms with Crippen LogP contribution < -0.4 is 5.73 Å². The fourth-order valence-electron chi connectivity index (χ4n) is 1.72. The fourth-order valence-corrected chi connectivity index (χ4v) is 2.80. The zero-order chi connectivity index (χ0) is 14.2. The van der Waals surface area contributed by atoms with Crippen molar-refractivity contribution < 1.29 is 8.78 Å². The van der Waals surface area contributed by atoms with E-state index in [9.17, 15) is 8.78 Å². The van der Waals surface area contributed by atoms with E-state index in [1.54, 1.807) is 14.0 Å². The van der Waals surface area contributed by atoms with Gasteiger partial charge in [-0.1, -0.05) is 11.8 Å². The Morgan fingerprint density at radius 2 is 2.11 bits per heavy atom. The minimum atomic E-state index is -0.528. The number of nitrogen functional groups attached to an aromatic ring is 1. The molecule has 0 unspecified atom stereocenters. The largest absolute Gasteiger partial charge is 0.384 e. The molecule has 3 N–H and O–H groups in total. The van der Waals surface area contributed by atoms with E-state index in [-0.39, 0.29) is 10.7 Å². The van der Waals surface area contributed by atoms with Crippen molar-refractivity contribution in [2.45, 2.75) is 16.8 Å². The topological polar surface area (TPSA) is 67.7 Å². The maximum absolute atomic E-state index is 13.6. The number of hydrogen-bond donors (Lipinski definition) is 2. The van der Waals surface area contributed by atoms with Crippen LogP contribution in [-0.2, 0) is 7.05 Å². The van der Waals surface area contributed by atoms with Crippen LogP contribution in [0.25, 0.3) is 0 Å². The first-order chi connectivity index (χ1) is 8.90. The lowest BCUT2D eigenvalue weighted by Crippen LogP contribution is -2.13. The highest BCUT2D eigenvalue weighted by molar-refractivity contribution is 7.99. The number of hydrogen-bond acceptors (Lipinski definition) is 3. The van der Waals surface area contributed by atoms with Crippen LogP contribution in [0.3, 0.4) is 0 Å². The number of nitrogens with two attached hydrogens (primary N) is 1. The Bertz CT molecular complexity index is 651. The van der Waals surface area contributed by atoms with Crippen molar-refractivity contribution in [3.05, 3.63) is 41.1 Å². The van der Waals surface area contributed by atoms with Gasteiger partial charge in [-0.2, -0.15) is 5.10 Å². The third-order valence-corrected chi connectivity index (χ3v) is 3.73. The van der Waals surface area contributed by atoms with Crippen molar-refractivity contribution in [1.82, 2.24) is 9.78 Å². The second kappa shape index (κ2) is 5.00. The number of halogens is 2. The lowest BCUT2D eigenvalue weighted by Gasteiger charge is -2.06. The van der Waals surface area contributed by atoms with Crippen LogP contribution in [0.5, 0.6) is 0 Å². The lowest BCUT2D eigenvalue weighted by atomic mass is 10.2. The first-order valence-corrected chi connectivity index (χ1v) is 6.22. The van der Waals surface area contributed by atoms with Crippen LogP contribution in [0.4, 0.5) is 8.78 Å². The van der Waals surface area contributed by atoms with Crippen molar-refractivity contribution in [3.8, 4) is 0 Å². The summed E-state index contributed by atoms with van der Waals surface area (Å²) in [7, 11) is 1.67. The Morgan fingerprint density at radius 3 is 2.74 bits per heavy atom. The predicted molar refractivity (Wildman–Crippen MR) is 69.4 cm³/mol. The summed E-state index contributed by atoms with van der Waals surface area (Å²) in [6, 6.07) is 3.22. The van der Waals surface area contributed by atoms with Crippen LogP contribution in [0.1, 0.15) is 11.3 Å². The van der Waals surface area contributed by atoms with Gasteiger partial charge in [0.1, 0.15) is 22.5 Å². The normalized spacial score (nSPS) is 10.7. The van der Waals surface area contributed by atoms with Gasteiger partial charge in [-0.15, -0.1) is 0 Å². The van der Waals surface area contributed by atoms with E-state index in [0.29, 0.717) is 16.3 Å². The molecule has 0 bridgehead atoms. The van der Waals surface area contributed by atoms with E-state index < -0.39 is 11.6 Å². The highest BCUT2D eigenvalue weighted by Gasteiger charge is 2.18. The average molecular weight is 282 g/mol. The zero-order valence-electron chi connectivity index (χ0n) is 10.4. The van der Waals surface area contributed by atoms with Gasteiger partial charge in [0.25, 0.3) is 0 Å². The predicted octanol–water partition coefficient (Wildman–Crippen LogP) is 2.44. The van der Waals surface area contributed by atoms with Crippen LogP contribution >= 0.6 is 11.8 Å². The molecule has 1 heterocycles. The van der Waals surface area contributed by atoms with Crippen molar-refractivity contribution in [2.24, 2.45) is 12.8 Å². The van der Waals surface area contributed by atoms with Crippen LogP contribution in [0, 0.1) is 24.0 Å². The third-order valence-electron chi connectivity index (χ3n) is 2.54. The Kier molecular flexibility index (Phi) is 3.57. The molecule has 1 aromatic carbocycles. The Balaban J connectivity index is 2.49. The number of benzene rings is 1. The summed E-state index contributed by atoms with van der Waals surface area (Å²) in [6.45, 7) is 1.71. The number of nitrogens with one attached hydrogen (secondary N) is 1. The summed E-state index contributed by atoms with van der Waals surface area (Å²) in [5.41, 5.74) is 6.52. The third kappa shape index (κ3) is 2.60. The van der Waals surface area contributed by atoms with Gasteiger partial charge in [-0.3, -0.25) is 10.1 Å². The molecular formula is C12H12F2N4S. The van der Waals surface area contributed by atoms with E-state index in [4.69, 9.17) is 11.1 Å². The summed E-state index contributed by atoms with van der Waals surface area (Å²) in [5.74, 6) is -1.20. The molecular weight excluding hydrogens is 270 g/mol. The quantitative estimate of drug-likeness (QED) is 0.671. The molecule has 2 rings (SSSR count). The van der Waals surface area contributed by atoms with Gasteiger partial charge >= 0.3 is 0 Å². The molecule has 1 aromatic heterocycles. The summed E-state index contributed by atoms with van der Waals surface area (Å²) >= 11 is 0.995. The first kappa shape index (κ1) is 13.5. The van der Waals surface area contributed by atoms with Gasteiger partial charge in [0.15, 0.2) is 0 Å². The summed E-state index contributed by atoms with van der Waals surface area (Å²) in [4.78, 5) is 0.130. The molecule has 0 aliphatic rings. The Hall–Kier alpha value is -1.89. The molecule has 0 aliphatic carbocycles. The van der Waals surface area contributed by atoms with Crippen molar-refractivity contribution >= 4 is 17.6 Å². The molecule has 0 aliphatic heterocycles. The molecule has 19 heavy (non-hydrogen) atoms. The summed E-state index contributed by atoms with van der Waals surface area (Å²) < 4.78 is 28.3. The SMILES string of the molecule is Cc1nn(C)c(Sc2cc(F)ccc2F)c1C(=N)N. The maximum atomic E-state index is 13.6. The maximum Gasteiger partial charge on any atom is 0.137 e. The lowest BCUT2D eigenvalue weighted by molar-refractivity contribution is 0.576. The smallest absolute Gasteiger partial charge is 0.137 e. The molecule has 100 valence electrons. The molecule has 0 saturated heterocycles. The van der Waals surface area contributed by atoms with Crippen LogP contribution in [0.2, 0.25) is 0 Å².